The maximum atomic E-state index is 13.5. The molecule has 2 aromatic carbocycles. The van der Waals surface area contributed by atoms with Crippen LogP contribution in [0.1, 0.15) is 25.0 Å². The van der Waals surface area contributed by atoms with Crippen LogP contribution in [0.3, 0.4) is 0 Å². The predicted molar refractivity (Wildman–Crippen MR) is 124 cm³/mol. The van der Waals surface area contributed by atoms with E-state index < -0.39 is 6.10 Å². The number of amides is 1. The van der Waals surface area contributed by atoms with Gasteiger partial charge in [0.2, 0.25) is 0 Å². The van der Waals surface area contributed by atoms with Crippen molar-refractivity contribution in [2.24, 2.45) is 5.92 Å². The Morgan fingerprint density at radius 1 is 1.12 bits per heavy atom. The van der Waals surface area contributed by atoms with Crippen LogP contribution in [-0.2, 0) is 22.6 Å². The normalized spacial score (nSPS) is 18.6. The molecule has 0 aliphatic carbocycles. The zero-order valence-corrected chi connectivity index (χ0v) is 19.5. The first-order chi connectivity index (χ1) is 15.5. The first kappa shape index (κ1) is 22.9. The van der Waals surface area contributed by atoms with Gasteiger partial charge in [-0.3, -0.25) is 9.69 Å². The lowest BCUT2D eigenvalue weighted by atomic mass is 10.1. The zero-order chi connectivity index (χ0) is 22.5. The number of hydrogen-bond acceptors (Lipinski definition) is 5. The summed E-state index contributed by atoms with van der Waals surface area (Å²) in [6.45, 7) is 9.09. The Hall–Kier alpha value is -2.28. The number of rotatable bonds is 7. The van der Waals surface area contributed by atoms with Crippen molar-refractivity contribution >= 4 is 17.5 Å². The fourth-order valence-electron chi connectivity index (χ4n) is 4.15. The molecule has 6 nitrogen and oxygen atoms in total. The molecule has 2 heterocycles. The Labute approximate surface area is 195 Å². The van der Waals surface area contributed by atoms with Gasteiger partial charge in [-0.1, -0.05) is 49.7 Å². The molecule has 0 saturated carbocycles. The van der Waals surface area contributed by atoms with Crippen molar-refractivity contribution in [2.45, 2.75) is 33.0 Å². The molecule has 2 aliphatic heterocycles. The Morgan fingerprint density at radius 3 is 2.69 bits per heavy atom. The molecule has 4 rings (SSSR count). The number of carbonyl (C=O) groups is 1. The lowest BCUT2D eigenvalue weighted by Crippen LogP contribution is -2.51. The summed E-state index contributed by atoms with van der Waals surface area (Å²) in [5.74, 6) is 1.87. The maximum Gasteiger partial charge on any atom is 0.253 e. The topological polar surface area (TPSA) is 51.2 Å². The van der Waals surface area contributed by atoms with Crippen LogP contribution in [-0.4, -0.2) is 61.3 Å². The molecule has 0 aromatic heterocycles. The van der Waals surface area contributed by atoms with E-state index in [2.05, 4.69) is 18.7 Å². The van der Waals surface area contributed by atoms with Crippen LogP contribution < -0.4 is 9.47 Å². The largest absolute Gasteiger partial charge is 0.486 e. The van der Waals surface area contributed by atoms with E-state index >= 15 is 0 Å². The number of benzene rings is 2. The second-order valence-electron chi connectivity index (χ2n) is 8.78. The number of carbonyl (C=O) groups excluding carboxylic acids is 1. The molecule has 7 heteroatoms. The summed E-state index contributed by atoms with van der Waals surface area (Å²) in [6.07, 6.45) is -0.484. The molecular formula is C25H31ClN2O4. The van der Waals surface area contributed by atoms with E-state index in [4.69, 9.17) is 25.8 Å². The molecule has 1 amide bonds. The monoisotopic (exact) mass is 458 g/mol. The van der Waals surface area contributed by atoms with Gasteiger partial charge in [-0.2, -0.15) is 0 Å². The fraction of sp³-hybridized carbons (Fsp3) is 0.480. The average Bonchev–Trinajstić information content (AvgIpc) is 2.79. The Bertz CT molecular complexity index is 936. The van der Waals surface area contributed by atoms with Crippen molar-refractivity contribution in [3.8, 4) is 11.5 Å². The highest BCUT2D eigenvalue weighted by Gasteiger charge is 2.31. The minimum absolute atomic E-state index is 0.0254. The van der Waals surface area contributed by atoms with Gasteiger partial charge in [-0.05, 0) is 35.2 Å². The molecule has 32 heavy (non-hydrogen) atoms. The van der Waals surface area contributed by atoms with Gasteiger partial charge in [0.25, 0.3) is 5.91 Å². The van der Waals surface area contributed by atoms with Gasteiger partial charge in [-0.15, -0.1) is 0 Å². The van der Waals surface area contributed by atoms with Crippen LogP contribution >= 0.6 is 11.6 Å². The highest BCUT2D eigenvalue weighted by Crippen LogP contribution is 2.31. The van der Waals surface area contributed by atoms with E-state index in [0.29, 0.717) is 51.9 Å². The number of morpholine rings is 1. The van der Waals surface area contributed by atoms with Crippen LogP contribution in [0.5, 0.6) is 11.5 Å². The summed E-state index contributed by atoms with van der Waals surface area (Å²) < 4.78 is 17.3. The first-order valence-corrected chi connectivity index (χ1v) is 11.6. The van der Waals surface area contributed by atoms with Crippen LogP contribution in [0.25, 0.3) is 0 Å². The lowest BCUT2D eigenvalue weighted by Gasteiger charge is -2.35. The van der Waals surface area contributed by atoms with Crippen LogP contribution in [0.15, 0.2) is 42.5 Å². The molecule has 1 unspecified atom stereocenters. The standard InChI is InChI=1S/C25H31ClN2O4/c1-18(2)14-28(15-19-7-8-22-23(13-19)32-12-11-31-22)25(29)24-17-27(9-10-30-24)16-20-5-3-4-6-21(20)26/h3-8,13,18,24H,9-12,14-17H2,1-2H3. The van der Waals surface area contributed by atoms with Gasteiger partial charge in [0.05, 0.1) is 6.61 Å². The molecule has 2 aromatic rings. The van der Waals surface area contributed by atoms with Crippen LogP contribution in [0.4, 0.5) is 0 Å². The van der Waals surface area contributed by atoms with Gasteiger partial charge in [0, 0.05) is 37.7 Å². The summed E-state index contributed by atoms with van der Waals surface area (Å²) in [5.41, 5.74) is 2.09. The summed E-state index contributed by atoms with van der Waals surface area (Å²) in [4.78, 5) is 17.6. The molecule has 1 saturated heterocycles. The van der Waals surface area contributed by atoms with Crippen LogP contribution in [0, 0.1) is 5.92 Å². The highest BCUT2D eigenvalue weighted by molar-refractivity contribution is 6.31. The van der Waals surface area contributed by atoms with Crippen molar-refractivity contribution in [2.75, 3.05) is 39.5 Å². The van der Waals surface area contributed by atoms with Gasteiger partial charge >= 0.3 is 0 Å². The van der Waals surface area contributed by atoms with Crippen molar-refractivity contribution in [1.29, 1.82) is 0 Å². The molecule has 2 aliphatic rings. The third-order valence-corrected chi connectivity index (χ3v) is 6.02. The molecule has 1 atom stereocenters. The molecule has 172 valence electrons. The van der Waals surface area contributed by atoms with Gasteiger partial charge in [0.1, 0.15) is 19.3 Å². The zero-order valence-electron chi connectivity index (χ0n) is 18.8. The number of hydrogen-bond donors (Lipinski definition) is 0. The van der Waals surface area contributed by atoms with E-state index in [1.807, 2.05) is 47.4 Å². The quantitative estimate of drug-likeness (QED) is 0.627. The van der Waals surface area contributed by atoms with Crippen molar-refractivity contribution in [3.05, 3.63) is 58.6 Å². The second kappa shape index (κ2) is 10.6. The van der Waals surface area contributed by atoms with Crippen molar-refractivity contribution in [1.82, 2.24) is 9.80 Å². The molecular weight excluding hydrogens is 428 g/mol. The fourth-order valence-corrected chi connectivity index (χ4v) is 4.34. The smallest absolute Gasteiger partial charge is 0.253 e. The van der Waals surface area contributed by atoms with E-state index in [1.54, 1.807) is 0 Å². The van der Waals surface area contributed by atoms with E-state index in [9.17, 15) is 4.79 Å². The second-order valence-corrected chi connectivity index (χ2v) is 9.18. The molecule has 0 radical (unpaired) electrons. The predicted octanol–water partition coefficient (Wildman–Crippen LogP) is 4.00. The third kappa shape index (κ3) is 5.74. The average molecular weight is 459 g/mol. The number of fused-ring (bicyclic) bond motifs is 1. The van der Waals surface area contributed by atoms with Crippen molar-refractivity contribution < 1.29 is 19.0 Å². The SMILES string of the molecule is CC(C)CN(Cc1ccc2c(c1)OCCO2)C(=O)C1CN(Cc2ccccc2Cl)CCO1. The summed E-state index contributed by atoms with van der Waals surface area (Å²) in [5, 5.41) is 0.752. The van der Waals surface area contributed by atoms with Crippen molar-refractivity contribution in [3.63, 3.8) is 0 Å². The molecule has 1 fully saturated rings. The Morgan fingerprint density at radius 2 is 1.91 bits per heavy atom. The minimum Gasteiger partial charge on any atom is -0.486 e. The van der Waals surface area contributed by atoms with Gasteiger partial charge < -0.3 is 19.1 Å². The van der Waals surface area contributed by atoms with Crippen LogP contribution in [0.2, 0.25) is 5.02 Å². The maximum absolute atomic E-state index is 13.5. The van der Waals surface area contributed by atoms with E-state index in [-0.39, 0.29) is 5.91 Å². The van der Waals surface area contributed by atoms with Gasteiger partial charge in [-0.25, -0.2) is 0 Å². The lowest BCUT2D eigenvalue weighted by molar-refractivity contribution is -0.151. The molecule has 0 spiro atoms. The third-order valence-electron chi connectivity index (χ3n) is 5.66. The number of halogens is 1. The van der Waals surface area contributed by atoms with E-state index in [0.717, 1.165) is 34.2 Å². The summed E-state index contributed by atoms with van der Waals surface area (Å²) in [7, 11) is 0. The summed E-state index contributed by atoms with van der Waals surface area (Å²) in [6, 6.07) is 13.7. The Balaban J connectivity index is 1.44. The molecule has 0 bridgehead atoms. The minimum atomic E-state index is -0.484. The number of nitrogens with zero attached hydrogens (tertiary/aromatic N) is 2. The van der Waals surface area contributed by atoms with Gasteiger partial charge in [0.15, 0.2) is 11.5 Å². The highest BCUT2D eigenvalue weighted by atomic mass is 35.5. The summed E-state index contributed by atoms with van der Waals surface area (Å²) >= 11 is 6.34. The Kier molecular flexibility index (Phi) is 7.55. The molecule has 0 N–H and O–H groups in total. The van der Waals surface area contributed by atoms with E-state index in [1.165, 1.54) is 0 Å². The first-order valence-electron chi connectivity index (χ1n) is 11.2. The number of ether oxygens (including phenoxy) is 3.